The van der Waals surface area contributed by atoms with Crippen molar-refractivity contribution in [2.45, 2.75) is 31.9 Å². The molecule has 0 aromatic heterocycles. The molecule has 1 heterocycles. The van der Waals surface area contributed by atoms with Gasteiger partial charge in [0.25, 0.3) is 5.91 Å². The highest BCUT2D eigenvalue weighted by Crippen LogP contribution is 2.19. The first-order chi connectivity index (χ1) is 9.60. The highest BCUT2D eigenvalue weighted by Gasteiger charge is 2.26. The van der Waals surface area contributed by atoms with Crippen LogP contribution in [-0.4, -0.2) is 43.1 Å². The molecular weight excluding hydrogens is 276 g/mol. The van der Waals surface area contributed by atoms with Crippen molar-refractivity contribution in [2.75, 3.05) is 20.1 Å². The lowest BCUT2D eigenvalue weighted by Gasteiger charge is -2.33. The number of nitrogens with one attached hydrogen (secondary N) is 1. The molecule has 1 N–H and O–H groups in total. The molecule has 1 aliphatic rings. The van der Waals surface area contributed by atoms with Gasteiger partial charge in [-0.1, -0.05) is 17.7 Å². The monoisotopic (exact) mass is 296 g/mol. The summed E-state index contributed by atoms with van der Waals surface area (Å²) in [4.78, 5) is 14.2. The van der Waals surface area contributed by atoms with E-state index in [1.54, 1.807) is 19.1 Å². The largest absolute Gasteiger partial charge is 0.481 e. The summed E-state index contributed by atoms with van der Waals surface area (Å²) in [5.41, 5.74) is 0. The SMILES string of the molecule is CNC1CCN(C(=O)C(C)Oc2cccc(Cl)c2)CC1. The van der Waals surface area contributed by atoms with Crippen LogP contribution in [-0.2, 0) is 4.79 Å². The van der Waals surface area contributed by atoms with Crippen LogP contribution in [0.15, 0.2) is 24.3 Å². The fourth-order valence-corrected chi connectivity index (χ4v) is 2.62. The maximum Gasteiger partial charge on any atom is 0.263 e. The number of hydrogen-bond donors (Lipinski definition) is 1. The van der Waals surface area contributed by atoms with Gasteiger partial charge >= 0.3 is 0 Å². The lowest BCUT2D eigenvalue weighted by Crippen LogP contribution is -2.48. The minimum atomic E-state index is -0.486. The molecule has 0 saturated carbocycles. The Morgan fingerprint density at radius 1 is 1.45 bits per heavy atom. The van der Waals surface area contributed by atoms with Gasteiger partial charge < -0.3 is 15.0 Å². The van der Waals surface area contributed by atoms with Gasteiger partial charge in [0.2, 0.25) is 0 Å². The Balaban J connectivity index is 1.89. The van der Waals surface area contributed by atoms with Crippen molar-refractivity contribution in [3.63, 3.8) is 0 Å². The van der Waals surface area contributed by atoms with Gasteiger partial charge in [-0.05, 0) is 45.0 Å². The van der Waals surface area contributed by atoms with Crippen molar-refractivity contribution in [3.05, 3.63) is 29.3 Å². The van der Waals surface area contributed by atoms with Gasteiger partial charge in [0.05, 0.1) is 0 Å². The topological polar surface area (TPSA) is 41.6 Å². The van der Waals surface area contributed by atoms with Crippen LogP contribution in [0.4, 0.5) is 0 Å². The number of piperidine rings is 1. The van der Waals surface area contributed by atoms with E-state index >= 15 is 0 Å². The summed E-state index contributed by atoms with van der Waals surface area (Å²) in [7, 11) is 1.97. The van der Waals surface area contributed by atoms with Crippen LogP contribution in [0.2, 0.25) is 5.02 Å². The number of carbonyl (C=O) groups is 1. The van der Waals surface area contributed by atoms with Crippen molar-refractivity contribution in [1.29, 1.82) is 0 Å². The molecule has 0 spiro atoms. The Kier molecular flexibility index (Phi) is 5.26. The van der Waals surface area contributed by atoms with Crippen LogP contribution in [0.5, 0.6) is 5.75 Å². The van der Waals surface area contributed by atoms with Gasteiger partial charge in [-0.25, -0.2) is 0 Å². The van der Waals surface area contributed by atoms with Crippen LogP contribution in [0, 0.1) is 0 Å². The Bertz CT molecular complexity index is 459. The highest BCUT2D eigenvalue weighted by atomic mass is 35.5. The van der Waals surface area contributed by atoms with E-state index in [-0.39, 0.29) is 5.91 Å². The highest BCUT2D eigenvalue weighted by molar-refractivity contribution is 6.30. The number of rotatable bonds is 4. The number of carbonyl (C=O) groups excluding carboxylic acids is 1. The molecule has 110 valence electrons. The van der Waals surface area contributed by atoms with Crippen molar-refractivity contribution in [2.24, 2.45) is 0 Å². The number of hydrogen-bond acceptors (Lipinski definition) is 3. The molecular formula is C15H21ClN2O2. The molecule has 20 heavy (non-hydrogen) atoms. The fraction of sp³-hybridized carbons (Fsp3) is 0.533. The van der Waals surface area contributed by atoms with E-state index in [1.165, 1.54) is 0 Å². The first-order valence-electron chi connectivity index (χ1n) is 6.98. The quantitative estimate of drug-likeness (QED) is 0.927. The van der Waals surface area contributed by atoms with Crippen molar-refractivity contribution in [1.82, 2.24) is 10.2 Å². The average molecular weight is 297 g/mol. The number of benzene rings is 1. The summed E-state index contributed by atoms with van der Waals surface area (Å²) < 4.78 is 5.67. The molecule has 1 aromatic carbocycles. The number of likely N-dealkylation sites (tertiary alicyclic amines) is 1. The van der Waals surface area contributed by atoms with Gasteiger partial charge in [0.1, 0.15) is 5.75 Å². The van der Waals surface area contributed by atoms with E-state index in [4.69, 9.17) is 16.3 Å². The second-order valence-electron chi connectivity index (χ2n) is 5.11. The summed E-state index contributed by atoms with van der Waals surface area (Å²) in [6.07, 6.45) is 1.50. The lowest BCUT2D eigenvalue weighted by atomic mass is 10.0. The zero-order valence-electron chi connectivity index (χ0n) is 11.9. The van der Waals surface area contributed by atoms with Crippen molar-refractivity contribution in [3.8, 4) is 5.75 Å². The van der Waals surface area contributed by atoms with E-state index in [1.807, 2.05) is 24.1 Å². The molecule has 0 radical (unpaired) electrons. The molecule has 1 aromatic rings. The van der Waals surface area contributed by atoms with Gasteiger partial charge in [-0.2, -0.15) is 0 Å². The fourth-order valence-electron chi connectivity index (χ4n) is 2.44. The first-order valence-corrected chi connectivity index (χ1v) is 7.36. The van der Waals surface area contributed by atoms with E-state index in [0.29, 0.717) is 16.8 Å². The summed E-state index contributed by atoms with van der Waals surface area (Å²) in [6, 6.07) is 7.64. The summed E-state index contributed by atoms with van der Waals surface area (Å²) in [5.74, 6) is 0.669. The van der Waals surface area contributed by atoms with Crippen molar-refractivity contribution < 1.29 is 9.53 Å². The minimum Gasteiger partial charge on any atom is -0.481 e. The van der Waals surface area contributed by atoms with Gasteiger partial charge in [-0.15, -0.1) is 0 Å². The molecule has 0 bridgehead atoms. The Hall–Kier alpha value is -1.26. The molecule has 0 aliphatic carbocycles. The molecule has 2 rings (SSSR count). The van der Waals surface area contributed by atoms with E-state index < -0.39 is 6.10 Å². The first kappa shape index (κ1) is 15.1. The third kappa shape index (κ3) is 3.87. The summed E-state index contributed by atoms with van der Waals surface area (Å²) in [5, 5.41) is 3.86. The average Bonchev–Trinajstić information content (AvgIpc) is 2.46. The molecule has 4 nitrogen and oxygen atoms in total. The second-order valence-corrected chi connectivity index (χ2v) is 5.54. The normalized spacial score (nSPS) is 17.9. The predicted molar refractivity (Wildman–Crippen MR) is 80.2 cm³/mol. The molecule has 1 amide bonds. The smallest absolute Gasteiger partial charge is 0.263 e. The molecule has 5 heteroatoms. The van der Waals surface area contributed by atoms with E-state index in [0.717, 1.165) is 25.9 Å². The van der Waals surface area contributed by atoms with E-state index in [9.17, 15) is 4.79 Å². The van der Waals surface area contributed by atoms with Crippen LogP contribution in [0.1, 0.15) is 19.8 Å². The third-order valence-electron chi connectivity index (χ3n) is 3.67. The number of halogens is 1. The second kappa shape index (κ2) is 6.95. The van der Waals surface area contributed by atoms with E-state index in [2.05, 4.69) is 5.32 Å². The summed E-state index contributed by atoms with van der Waals surface area (Å²) in [6.45, 7) is 3.36. The zero-order valence-corrected chi connectivity index (χ0v) is 12.7. The number of amides is 1. The van der Waals surface area contributed by atoms with Gasteiger partial charge in [0.15, 0.2) is 6.10 Å². The summed E-state index contributed by atoms with van der Waals surface area (Å²) >= 11 is 5.91. The predicted octanol–water partition coefficient (Wildman–Crippen LogP) is 2.32. The van der Waals surface area contributed by atoms with Crippen LogP contribution in [0.25, 0.3) is 0 Å². The maximum atomic E-state index is 12.3. The minimum absolute atomic E-state index is 0.0412. The Labute approximate surface area is 125 Å². The maximum absolute atomic E-state index is 12.3. The van der Waals surface area contributed by atoms with Crippen molar-refractivity contribution >= 4 is 17.5 Å². The zero-order chi connectivity index (χ0) is 14.5. The number of nitrogens with zero attached hydrogens (tertiary/aromatic N) is 1. The molecule has 1 aliphatic heterocycles. The lowest BCUT2D eigenvalue weighted by molar-refractivity contribution is -0.139. The third-order valence-corrected chi connectivity index (χ3v) is 3.91. The molecule has 1 fully saturated rings. The molecule has 1 saturated heterocycles. The molecule has 1 atom stereocenters. The van der Waals surface area contributed by atoms with Crippen LogP contribution >= 0.6 is 11.6 Å². The number of ether oxygens (including phenoxy) is 1. The van der Waals surface area contributed by atoms with Crippen LogP contribution < -0.4 is 10.1 Å². The Morgan fingerprint density at radius 3 is 2.75 bits per heavy atom. The van der Waals surface area contributed by atoms with Crippen LogP contribution in [0.3, 0.4) is 0 Å². The Morgan fingerprint density at radius 2 is 2.15 bits per heavy atom. The van der Waals surface area contributed by atoms with Gasteiger partial charge in [-0.3, -0.25) is 4.79 Å². The standard InChI is InChI=1S/C15H21ClN2O2/c1-11(20-14-5-3-4-12(16)10-14)15(19)18-8-6-13(17-2)7-9-18/h3-5,10-11,13,17H,6-9H2,1-2H3. The molecule has 1 unspecified atom stereocenters. The van der Waals surface area contributed by atoms with Gasteiger partial charge in [0, 0.05) is 24.2 Å².